The molecule has 3 atom stereocenters. The molecule has 5 rings (SSSR count). The third kappa shape index (κ3) is 49.5. The summed E-state index contributed by atoms with van der Waals surface area (Å²) < 4.78 is 30.1. The molecule has 1 spiro atoms. The fraction of sp³-hybridized carbons (Fsp3) is 0.761. The Balaban J connectivity index is 0.00000141. The minimum absolute atomic E-state index is 0. The SMILES string of the molecule is CCCCCCCCCCCCCC[P+](CCCCCC)(CCCCCC)CCCCCC.CCCCCCCCCCCCCC[P+](CCCCCC)(CCCCCC)CCCCCC.O=BOO.O=C(O)C(O)c1ccccc1.O=C1O[B-]2(OC(=O)C(c3ccccc3)O2)OC1c1ccccc1.[HH]. The molecule has 0 aromatic heterocycles. The van der Waals surface area contributed by atoms with Crippen molar-refractivity contribution in [3.8, 4) is 0 Å². The molecule has 16 heteroatoms. The van der Waals surface area contributed by atoms with Crippen LogP contribution in [-0.2, 0) is 42.5 Å². The number of hydrogen-bond acceptors (Lipinski definition) is 11. The summed E-state index contributed by atoms with van der Waals surface area (Å²) in [6.07, 6.45) is 80.8. The molecule has 2 saturated heterocycles. The van der Waals surface area contributed by atoms with E-state index in [0.29, 0.717) is 16.7 Å². The molecule has 0 radical (unpaired) electrons. The summed E-state index contributed by atoms with van der Waals surface area (Å²) in [5.41, 5.74) is 1.62. The number of benzene rings is 3. The van der Waals surface area contributed by atoms with Crippen molar-refractivity contribution in [3.63, 3.8) is 0 Å². The Morgan fingerprint density at radius 1 is 0.375 bits per heavy atom. The van der Waals surface area contributed by atoms with Crippen molar-refractivity contribution in [2.24, 2.45) is 0 Å². The zero-order chi connectivity index (χ0) is 76.1. The van der Waals surface area contributed by atoms with Crippen LogP contribution in [0, 0.1) is 0 Å². The smallest absolute Gasteiger partial charge is 0.606 e. The van der Waals surface area contributed by atoms with Crippen molar-refractivity contribution < 1.29 is 59.4 Å². The van der Waals surface area contributed by atoms with Gasteiger partial charge in [-0.15, -0.1) is 0 Å². The van der Waals surface area contributed by atoms with Crippen LogP contribution in [-0.4, -0.2) is 97.0 Å². The maximum atomic E-state index is 12.1. The van der Waals surface area contributed by atoms with Crippen LogP contribution in [0.15, 0.2) is 91.0 Å². The number of carboxylic acid groups (broad SMARTS) is 1. The number of aliphatic hydroxyl groups is 1. The quantitative estimate of drug-likeness (QED) is 0.0161. The fourth-order valence-electron chi connectivity index (χ4n) is 14.6. The molecular weight excluding hydrogens is 1330 g/mol. The molecule has 2 heterocycles. The predicted octanol–water partition coefficient (Wildman–Crippen LogP) is 27.4. The number of aliphatic carboxylic acids is 1. The van der Waals surface area contributed by atoms with Gasteiger partial charge in [0.05, 0.1) is 49.3 Å². The van der Waals surface area contributed by atoms with Gasteiger partial charge in [-0.2, -0.15) is 0 Å². The molecule has 12 nitrogen and oxygen atoms in total. The summed E-state index contributed by atoms with van der Waals surface area (Å²) in [4.78, 5) is 37.3. The van der Waals surface area contributed by atoms with E-state index in [1.807, 2.05) is 12.1 Å². The number of unbranched alkanes of at least 4 members (excludes halogenated alkanes) is 40. The summed E-state index contributed by atoms with van der Waals surface area (Å²) in [7, 11) is -1.46. The Bertz CT molecular complexity index is 2220. The van der Waals surface area contributed by atoms with E-state index < -0.39 is 57.7 Å². The molecule has 3 unspecified atom stereocenters. The molecule has 3 aromatic rings. The Morgan fingerprint density at radius 3 is 0.769 bits per heavy atom. The first kappa shape index (κ1) is 98.5. The Labute approximate surface area is 641 Å². The van der Waals surface area contributed by atoms with Gasteiger partial charge in [-0.3, -0.25) is 9.59 Å². The first-order chi connectivity index (χ1) is 50.8. The van der Waals surface area contributed by atoms with Crippen molar-refractivity contribution >= 4 is 46.7 Å². The molecular formula is C88H159B2O12P2+. The van der Waals surface area contributed by atoms with Gasteiger partial charge in [-0.1, -0.05) is 352 Å². The predicted molar refractivity (Wildman–Crippen MR) is 450 cm³/mol. The van der Waals surface area contributed by atoms with Gasteiger partial charge >= 0.3 is 35.0 Å². The van der Waals surface area contributed by atoms with Crippen LogP contribution in [0.1, 0.15) is 400 Å². The van der Waals surface area contributed by atoms with Gasteiger partial charge in [-0.25, -0.2) is 4.79 Å². The Morgan fingerprint density at radius 2 is 0.567 bits per heavy atom. The van der Waals surface area contributed by atoms with E-state index >= 15 is 0 Å². The van der Waals surface area contributed by atoms with Crippen LogP contribution < -0.4 is 0 Å². The molecule has 0 aliphatic carbocycles. The monoisotopic (exact) mass is 1490 g/mol. The molecule has 3 N–H and O–H groups in total. The maximum absolute atomic E-state index is 12.1. The Kier molecular flexibility index (Phi) is 65.1. The van der Waals surface area contributed by atoms with Gasteiger partial charge in [0.1, 0.15) is 12.2 Å². The standard InChI is InChI=1S/2C32H68P.C16H12BO6.C8H8O3.BHO3.H2/c2*1-5-9-13-17-18-19-20-21-22-23-24-28-32-33(29-25-14-10-6-2,30-26-15-11-7-3)31-27-16-12-8-4;18-15-13(11-7-3-1-4-8-11)20-17(22-15)21-14(16(19)23-17)12-9-5-2-6-10-12;9-7(8(10)11)6-4-2-1-3-5-6;2-1-4-3;/h2*5-32H2,1-4H3;1-10,13-14H;1-5,7,9H,(H,10,11);3H;1H/q2*+1;-1;;;. The zero-order valence-electron chi connectivity index (χ0n) is 68.1. The van der Waals surface area contributed by atoms with E-state index in [4.69, 9.17) is 38.8 Å². The zero-order valence-corrected chi connectivity index (χ0v) is 69.8. The third-order valence-corrected chi connectivity index (χ3v) is 31.2. The van der Waals surface area contributed by atoms with E-state index in [0.717, 1.165) is 0 Å². The first-order valence-electron chi connectivity index (χ1n) is 43.2. The number of carbonyl (C=O) groups is 3. The van der Waals surface area contributed by atoms with E-state index in [9.17, 15) is 14.4 Å². The molecule has 2 aliphatic heterocycles. The molecule has 3 aromatic carbocycles. The fourth-order valence-corrected chi connectivity index (χ4v) is 24.5. The van der Waals surface area contributed by atoms with E-state index in [2.05, 4.69) is 60.2 Å². The van der Waals surface area contributed by atoms with E-state index in [1.165, 1.54) is 257 Å². The maximum Gasteiger partial charge on any atom is 0.657 e. The van der Waals surface area contributed by atoms with E-state index in [1.54, 1.807) is 180 Å². The first-order valence-corrected chi connectivity index (χ1v) is 48.3. The number of rotatable bonds is 61. The molecule has 0 bridgehead atoms. The molecule has 0 amide bonds. The molecule has 598 valence electrons. The Hall–Kier alpha value is -3.50. The summed E-state index contributed by atoms with van der Waals surface area (Å²) in [5.74, 6) is -2.51. The van der Waals surface area contributed by atoms with Crippen LogP contribution >= 0.6 is 14.5 Å². The minimum Gasteiger partial charge on any atom is -0.606 e. The third-order valence-electron chi connectivity index (χ3n) is 21.0. The number of aliphatic hydroxyl groups excluding tert-OH is 1. The van der Waals surface area contributed by atoms with Crippen LogP contribution in [0.3, 0.4) is 0 Å². The number of carboxylic acids is 1. The van der Waals surface area contributed by atoms with Crippen molar-refractivity contribution in [2.45, 2.75) is 382 Å². The molecule has 2 fully saturated rings. The van der Waals surface area contributed by atoms with Crippen LogP contribution in [0.2, 0.25) is 0 Å². The average molecular weight is 1490 g/mol. The second-order valence-electron chi connectivity index (χ2n) is 30.3. The minimum atomic E-state index is -2.87. The average Bonchev–Trinajstić information content (AvgIpc) is 1.61. The van der Waals surface area contributed by atoms with Gasteiger partial charge in [0.2, 0.25) is 0 Å². The molecule has 2 aliphatic rings. The number of hydrogen-bond donors (Lipinski definition) is 3. The van der Waals surface area contributed by atoms with Crippen LogP contribution in [0.5, 0.6) is 0 Å². The van der Waals surface area contributed by atoms with Gasteiger partial charge in [0, 0.05) is 16.0 Å². The van der Waals surface area contributed by atoms with Gasteiger partial charge in [0.25, 0.3) is 11.9 Å². The van der Waals surface area contributed by atoms with Gasteiger partial charge in [-0.05, 0) is 119 Å². The normalized spacial score (nSPS) is 15.6. The molecule has 0 saturated carbocycles. The van der Waals surface area contributed by atoms with Crippen LogP contribution in [0.4, 0.5) is 0 Å². The van der Waals surface area contributed by atoms with E-state index in [-0.39, 0.29) is 8.78 Å². The summed E-state index contributed by atoms with van der Waals surface area (Å²) in [6, 6.07) is 25.9. The van der Waals surface area contributed by atoms with Crippen molar-refractivity contribution in [1.29, 1.82) is 0 Å². The largest absolute Gasteiger partial charge is 0.657 e. The summed E-state index contributed by atoms with van der Waals surface area (Å²) in [6.45, 7) is 16.0. The topological polar surface area (TPSA) is 175 Å². The van der Waals surface area contributed by atoms with Crippen molar-refractivity contribution in [1.82, 2.24) is 0 Å². The number of carbonyl (C=O) groups excluding carboxylic acids is 2. The summed E-state index contributed by atoms with van der Waals surface area (Å²) >= 11 is 0. The van der Waals surface area contributed by atoms with Crippen LogP contribution in [0.25, 0.3) is 0 Å². The second kappa shape index (κ2) is 68.7. The second-order valence-corrected chi connectivity index (χ2v) is 39.2. The van der Waals surface area contributed by atoms with Gasteiger partial charge < -0.3 is 28.8 Å². The van der Waals surface area contributed by atoms with Crippen molar-refractivity contribution in [2.75, 3.05) is 49.3 Å². The van der Waals surface area contributed by atoms with Crippen molar-refractivity contribution in [3.05, 3.63) is 108 Å². The summed E-state index contributed by atoms with van der Waals surface area (Å²) in [5, 5.41) is 24.4. The van der Waals surface area contributed by atoms with Gasteiger partial charge in [0.15, 0.2) is 6.10 Å². The molecule has 104 heavy (non-hydrogen) atoms.